The van der Waals surface area contributed by atoms with Crippen LogP contribution >= 0.6 is 0 Å². The van der Waals surface area contributed by atoms with Crippen molar-refractivity contribution in [1.82, 2.24) is 5.32 Å². The van der Waals surface area contributed by atoms with Crippen LogP contribution < -0.4 is 5.32 Å². The third-order valence-corrected chi connectivity index (χ3v) is 2.95. The molecule has 0 unspecified atom stereocenters. The highest BCUT2D eigenvalue weighted by atomic mass is 14.9. The SMILES string of the molecule is c1ccc(C[N]C2CCCCC2)cc1. The molecule has 0 spiro atoms. The van der Waals surface area contributed by atoms with Crippen molar-refractivity contribution >= 4 is 0 Å². The summed E-state index contributed by atoms with van der Waals surface area (Å²) >= 11 is 0. The van der Waals surface area contributed by atoms with Gasteiger partial charge in [-0.1, -0.05) is 49.6 Å². The van der Waals surface area contributed by atoms with Crippen molar-refractivity contribution in [2.45, 2.75) is 44.7 Å². The second-order valence-corrected chi connectivity index (χ2v) is 4.12. The summed E-state index contributed by atoms with van der Waals surface area (Å²) in [5.74, 6) is 0. The van der Waals surface area contributed by atoms with Gasteiger partial charge in [0.05, 0.1) is 0 Å². The van der Waals surface area contributed by atoms with Gasteiger partial charge in [-0.3, -0.25) is 0 Å². The zero-order chi connectivity index (χ0) is 9.64. The molecular formula is C13H18N. The molecule has 2 rings (SSSR count). The molecule has 1 saturated carbocycles. The van der Waals surface area contributed by atoms with Gasteiger partial charge in [-0.15, -0.1) is 0 Å². The van der Waals surface area contributed by atoms with Gasteiger partial charge in [-0.25, -0.2) is 5.32 Å². The Balaban J connectivity index is 1.76. The van der Waals surface area contributed by atoms with Crippen LogP contribution in [-0.2, 0) is 6.54 Å². The molecule has 1 nitrogen and oxygen atoms in total. The lowest BCUT2D eigenvalue weighted by Crippen LogP contribution is -2.24. The molecule has 75 valence electrons. The molecule has 1 aromatic rings. The maximum atomic E-state index is 4.75. The molecule has 0 bridgehead atoms. The van der Waals surface area contributed by atoms with E-state index in [0.717, 1.165) is 6.54 Å². The Labute approximate surface area is 86.5 Å². The Morgan fingerprint density at radius 1 is 1.00 bits per heavy atom. The first-order chi connectivity index (χ1) is 6.95. The van der Waals surface area contributed by atoms with Gasteiger partial charge < -0.3 is 0 Å². The van der Waals surface area contributed by atoms with Gasteiger partial charge in [-0.2, -0.15) is 0 Å². The van der Waals surface area contributed by atoms with Crippen molar-refractivity contribution < 1.29 is 0 Å². The predicted molar refractivity (Wildman–Crippen MR) is 59.2 cm³/mol. The van der Waals surface area contributed by atoms with E-state index < -0.39 is 0 Å². The molecule has 14 heavy (non-hydrogen) atoms. The quantitative estimate of drug-likeness (QED) is 0.692. The minimum atomic E-state index is 0.643. The van der Waals surface area contributed by atoms with Crippen LogP contribution in [-0.4, -0.2) is 6.04 Å². The summed E-state index contributed by atoms with van der Waals surface area (Å²) in [6, 6.07) is 11.2. The molecule has 1 aliphatic rings. The van der Waals surface area contributed by atoms with E-state index in [4.69, 9.17) is 5.32 Å². The molecule has 0 atom stereocenters. The lowest BCUT2D eigenvalue weighted by molar-refractivity contribution is 0.366. The Hall–Kier alpha value is -0.820. The first-order valence-corrected chi connectivity index (χ1v) is 5.66. The van der Waals surface area contributed by atoms with Gasteiger partial charge in [0.25, 0.3) is 0 Å². The van der Waals surface area contributed by atoms with E-state index in [1.807, 2.05) is 0 Å². The Bertz CT molecular complexity index is 249. The predicted octanol–water partition coefficient (Wildman–Crippen LogP) is 3.12. The minimum Gasteiger partial charge on any atom is -0.234 e. The number of hydrogen-bond acceptors (Lipinski definition) is 0. The monoisotopic (exact) mass is 188 g/mol. The molecule has 0 N–H and O–H groups in total. The van der Waals surface area contributed by atoms with Gasteiger partial charge in [0.2, 0.25) is 0 Å². The highest BCUT2D eigenvalue weighted by Gasteiger charge is 2.13. The Morgan fingerprint density at radius 3 is 2.43 bits per heavy atom. The zero-order valence-corrected chi connectivity index (χ0v) is 8.65. The Morgan fingerprint density at radius 2 is 1.71 bits per heavy atom. The van der Waals surface area contributed by atoms with E-state index in [9.17, 15) is 0 Å². The highest BCUT2D eigenvalue weighted by Crippen LogP contribution is 2.18. The largest absolute Gasteiger partial charge is 0.234 e. The minimum absolute atomic E-state index is 0.643. The number of rotatable bonds is 3. The van der Waals surface area contributed by atoms with E-state index in [2.05, 4.69) is 30.3 Å². The van der Waals surface area contributed by atoms with Gasteiger partial charge in [0.1, 0.15) is 0 Å². The average Bonchev–Trinajstić information content (AvgIpc) is 2.29. The fourth-order valence-corrected chi connectivity index (χ4v) is 2.08. The summed E-state index contributed by atoms with van der Waals surface area (Å²) in [6.45, 7) is 0.908. The zero-order valence-electron chi connectivity index (χ0n) is 8.65. The molecule has 0 aromatic heterocycles. The fourth-order valence-electron chi connectivity index (χ4n) is 2.08. The lowest BCUT2D eigenvalue weighted by Gasteiger charge is -2.21. The van der Waals surface area contributed by atoms with E-state index in [1.165, 1.54) is 37.7 Å². The summed E-state index contributed by atoms with van der Waals surface area (Å²) in [7, 11) is 0. The van der Waals surface area contributed by atoms with Crippen LogP contribution in [0.25, 0.3) is 0 Å². The van der Waals surface area contributed by atoms with Gasteiger partial charge >= 0.3 is 0 Å². The number of nitrogens with zero attached hydrogens (tertiary/aromatic N) is 1. The first-order valence-electron chi connectivity index (χ1n) is 5.66. The standard InChI is InChI=1S/C13H18N/c1-3-7-12(8-4-1)11-14-13-9-5-2-6-10-13/h1,3-4,7-8,13H,2,5-6,9-11H2. The fraction of sp³-hybridized carbons (Fsp3) is 0.538. The molecular weight excluding hydrogens is 170 g/mol. The highest BCUT2D eigenvalue weighted by molar-refractivity contribution is 5.14. The summed E-state index contributed by atoms with van der Waals surface area (Å²) in [5.41, 5.74) is 1.35. The molecule has 1 fully saturated rings. The molecule has 1 aromatic carbocycles. The molecule has 0 amide bonds. The third kappa shape index (κ3) is 2.85. The topological polar surface area (TPSA) is 14.1 Å². The van der Waals surface area contributed by atoms with Crippen LogP contribution in [0.3, 0.4) is 0 Å². The van der Waals surface area contributed by atoms with E-state index in [0.29, 0.717) is 6.04 Å². The average molecular weight is 188 g/mol. The molecule has 1 heteroatoms. The number of benzene rings is 1. The van der Waals surface area contributed by atoms with Crippen LogP contribution in [0.2, 0.25) is 0 Å². The van der Waals surface area contributed by atoms with Gasteiger partial charge in [0.15, 0.2) is 0 Å². The second-order valence-electron chi connectivity index (χ2n) is 4.12. The first kappa shape index (κ1) is 9.72. The van der Waals surface area contributed by atoms with E-state index in [1.54, 1.807) is 0 Å². The van der Waals surface area contributed by atoms with E-state index >= 15 is 0 Å². The number of hydrogen-bond donors (Lipinski definition) is 0. The molecule has 1 radical (unpaired) electrons. The third-order valence-electron chi connectivity index (χ3n) is 2.95. The molecule has 0 aliphatic heterocycles. The summed E-state index contributed by atoms with van der Waals surface area (Å²) in [5, 5.41) is 4.75. The maximum Gasteiger partial charge on any atom is 0.0387 e. The molecule has 1 aliphatic carbocycles. The maximum absolute atomic E-state index is 4.75. The van der Waals surface area contributed by atoms with Crippen LogP contribution in [0.4, 0.5) is 0 Å². The van der Waals surface area contributed by atoms with Crippen molar-refractivity contribution in [2.75, 3.05) is 0 Å². The van der Waals surface area contributed by atoms with Crippen molar-refractivity contribution in [2.24, 2.45) is 0 Å². The van der Waals surface area contributed by atoms with Crippen molar-refractivity contribution in [3.8, 4) is 0 Å². The van der Waals surface area contributed by atoms with Crippen LogP contribution in [0, 0.1) is 0 Å². The molecule has 0 heterocycles. The Kier molecular flexibility index (Phi) is 3.58. The lowest BCUT2D eigenvalue weighted by atomic mass is 9.95. The smallest absolute Gasteiger partial charge is 0.0387 e. The van der Waals surface area contributed by atoms with Crippen LogP contribution in [0.5, 0.6) is 0 Å². The van der Waals surface area contributed by atoms with Crippen LogP contribution in [0.15, 0.2) is 30.3 Å². The second kappa shape index (κ2) is 5.16. The van der Waals surface area contributed by atoms with Crippen molar-refractivity contribution in [3.05, 3.63) is 35.9 Å². The van der Waals surface area contributed by atoms with Crippen LogP contribution in [0.1, 0.15) is 37.7 Å². The summed E-state index contributed by atoms with van der Waals surface area (Å²) in [6.07, 6.45) is 6.79. The normalized spacial score (nSPS) is 18.3. The van der Waals surface area contributed by atoms with Crippen molar-refractivity contribution in [1.29, 1.82) is 0 Å². The van der Waals surface area contributed by atoms with Gasteiger partial charge in [-0.05, 0) is 18.4 Å². The van der Waals surface area contributed by atoms with E-state index in [-0.39, 0.29) is 0 Å². The van der Waals surface area contributed by atoms with Gasteiger partial charge in [0, 0.05) is 12.6 Å². The molecule has 0 saturated heterocycles. The summed E-state index contributed by atoms with van der Waals surface area (Å²) < 4.78 is 0. The van der Waals surface area contributed by atoms with Crippen molar-refractivity contribution in [3.63, 3.8) is 0 Å². The summed E-state index contributed by atoms with van der Waals surface area (Å²) in [4.78, 5) is 0.